The Kier molecular flexibility index (Phi) is 4.50. The van der Waals surface area contributed by atoms with Crippen LogP contribution in [-0.4, -0.2) is 36.6 Å². The zero-order chi connectivity index (χ0) is 12.1. The summed E-state index contributed by atoms with van der Waals surface area (Å²) in [6.07, 6.45) is 0.646. The van der Waals surface area contributed by atoms with Crippen molar-refractivity contribution in [1.29, 1.82) is 0 Å². The molecule has 1 aromatic rings. The molecule has 0 aromatic heterocycles. The number of carboxylic acid groups (broad SMARTS) is 1. The summed E-state index contributed by atoms with van der Waals surface area (Å²) < 4.78 is 0. The summed E-state index contributed by atoms with van der Waals surface area (Å²) in [6.45, 7) is 2.74. The topological polar surface area (TPSA) is 40.5 Å². The molecule has 0 saturated heterocycles. The van der Waals surface area contributed by atoms with Crippen LogP contribution in [-0.2, 0) is 4.79 Å². The largest absolute Gasteiger partial charge is 0.481 e. The molecule has 16 heavy (non-hydrogen) atoms. The Morgan fingerprint density at radius 3 is 2.50 bits per heavy atom. The summed E-state index contributed by atoms with van der Waals surface area (Å²) in [5, 5.41) is 9.25. The second kappa shape index (κ2) is 5.66. The predicted molar refractivity (Wildman–Crippen MR) is 64.7 cm³/mol. The van der Waals surface area contributed by atoms with Crippen LogP contribution in [0.4, 0.5) is 0 Å². The van der Waals surface area contributed by atoms with Gasteiger partial charge in [0, 0.05) is 0 Å². The molecule has 1 rings (SSSR count). The van der Waals surface area contributed by atoms with Crippen LogP contribution >= 0.6 is 0 Å². The summed E-state index contributed by atoms with van der Waals surface area (Å²) in [5.41, 5.74) is 1.98. The molecule has 3 nitrogen and oxygen atoms in total. The Labute approximate surface area is 96.7 Å². The Bertz CT molecular complexity index is 361. The average molecular weight is 221 g/mol. The van der Waals surface area contributed by atoms with Crippen molar-refractivity contribution in [3.8, 4) is 0 Å². The maximum atomic E-state index is 11.2. The van der Waals surface area contributed by atoms with Gasteiger partial charge in [0.15, 0.2) is 0 Å². The van der Waals surface area contributed by atoms with Crippen LogP contribution in [0.15, 0.2) is 24.3 Å². The zero-order valence-electron chi connectivity index (χ0n) is 10.1. The number of carboxylic acids is 1. The first kappa shape index (κ1) is 12.7. The van der Waals surface area contributed by atoms with Gasteiger partial charge in [-0.15, -0.1) is 0 Å². The van der Waals surface area contributed by atoms with E-state index in [2.05, 4.69) is 0 Å². The SMILES string of the molecule is Cc1ccccc1C(CCN(C)C)C(=O)O. The summed E-state index contributed by atoms with van der Waals surface area (Å²) in [7, 11) is 3.91. The molecule has 0 fully saturated rings. The molecule has 88 valence electrons. The molecule has 3 heteroatoms. The second-order valence-corrected chi connectivity index (χ2v) is 4.34. The first-order valence-electron chi connectivity index (χ1n) is 5.45. The van der Waals surface area contributed by atoms with E-state index in [1.165, 1.54) is 0 Å². The van der Waals surface area contributed by atoms with Crippen molar-refractivity contribution >= 4 is 5.97 Å². The van der Waals surface area contributed by atoms with Gasteiger partial charge in [-0.2, -0.15) is 0 Å². The first-order valence-corrected chi connectivity index (χ1v) is 5.45. The van der Waals surface area contributed by atoms with Gasteiger partial charge in [0.2, 0.25) is 0 Å². The van der Waals surface area contributed by atoms with E-state index in [1.54, 1.807) is 0 Å². The lowest BCUT2D eigenvalue weighted by Crippen LogP contribution is -2.20. The summed E-state index contributed by atoms with van der Waals surface area (Å²) in [5.74, 6) is -1.14. The Balaban J connectivity index is 2.86. The Hall–Kier alpha value is -1.35. The number of aliphatic carboxylic acids is 1. The molecule has 0 aliphatic heterocycles. The van der Waals surface area contributed by atoms with E-state index in [9.17, 15) is 9.90 Å². The molecular formula is C13H19NO2. The standard InChI is InChI=1S/C13H19NO2/c1-10-6-4-5-7-11(10)12(13(15)16)8-9-14(2)3/h4-7,12H,8-9H2,1-3H3,(H,15,16). The maximum absolute atomic E-state index is 11.2. The average Bonchev–Trinajstić information content (AvgIpc) is 2.20. The van der Waals surface area contributed by atoms with E-state index in [4.69, 9.17) is 0 Å². The third-order valence-electron chi connectivity index (χ3n) is 2.73. The fourth-order valence-electron chi connectivity index (χ4n) is 1.78. The van der Waals surface area contributed by atoms with Gasteiger partial charge >= 0.3 is 5.97 Å². The van der Waals surface area contributed by atoms with Gasteiger partial charge in [0.05, 0.1) is 5.92 Å². The highest BCUT2D eigenvalue weighted by molar-refractivity contribution is 5.76. The van der Waals surface area contributed by atoms with Crippen molar-refractivity contribution in [3.05, 3.63) is 35.4 Å². The third kappa shape index (κ3) is 3.35. The van der Waals surface area contributed by atoms with E-state index in [1.807, 2.05) is 50.2 Å². The minimum absolute atomic E-state index is 0.399. The molecule has 0 heterocycles. The molecule has 0 amide bonds. The second-order valence-electron chi connectivity index (χ2n) is 4.34. The van der Waals surface area contributed by atoms with Crippen molar-refractivity contribution in [1.82, 2.24) is 4.90 Å². The third-order valence-corrected chi connectivity index (χ3v) is 2.73. The molecule has 1 atom stereocenters. The summed E-state index contributed by atoms with van der Waals surface area (Å²) in [4.78, 5) is 13.3. The molecule has 0 saturated carbocycles. The highest BCUT2D eigenvalue weighted by atomic mass is 16.4. The maximum Gasteiger partial charge on any atom is 0.311 e. The monoisotopic (exact) mass is 221 g/mol. The zero-order valence-corrected chi connectivity index (χ0v) is 10.1. The fraction of sp³-hybridized carbons (Fsp3) is 0.462. The van der Waals surface area contributed by atoms with Gasteiger partial charge in [-0.05, 0) is 45.1 Å². The van der Waals surface area contributed by atoms with Gasteiger partial charge in [0.25, 0.3) is 0 Å². The van der Waals surface area contributed by atoms with Crippen LogP contribution < -0.4 is 0 Å². The number of aryl methyl sites for hydroxylation is 1. The number of benzene rings is 1. The number of hydrogen-bond donors (Lipinski definition) is 1. The van der Waals surface area contributed by atoms with Crippen LogP contribution in [0.1, 0.15) is 23.5 Å². The van der Waals surface area contributed by atoms with Crippen molar-refractivity contribution in [2.24, 2.45) is 0 Å². The normalized spacial score (nSPS) is 12.8. The van der Waals surface area contributed by atoms with E-state index in [-0.39, 0.29) is 0 Å². The quantitative estimate of drug-likeness (QED) is 0.828. The molecule has 0 bridgehead atoms. The van der Waals surface area contributed by atoms with Gasteiger partial charge in [-0.1, -0.05) is 24.3 Å². The van der Waals surface area contributed by atoms with Gasteiger partial charge in [-0.25, -0.2) is 0 Å². The van der Waals surface area contributed by atoms with Crippen LogP contribution in [0.5, 0.6) is 0 Å². The molecule has 1 N–H and O–H groups in total. The van der Waals surface area contributed by atoms with Crippen LogP contribution in [0.3, 0.4) is 0 Å². The molecule has 0 aliphatic carbocycles. The van der Waals surface area contributed by atoms with Crippen molar-refractivity contribution in [2.45, 2.75) is 19.3 Å². The van der Waals surface area contributed by atoms with Gasteiger partial charge < -0.3 is 10.0 Å². The van der Waals surface area contributed by atoms with E-state index in [0.717, 1.165) is 17.7 Å². The van der Waals surface area contributed by atoms with Gasteiger partial charge in [-0.3, -0.25) is 4.79 Å². The number of nitrogens with zero attached hydrogens (tertiary/aromatic N) is 1. The number of hydrogen-bond acceptors (Lipinski definition) is 2. The first-order chi connectivity index (χ1) is 7.52. The van der Waals surface area contributed by atoms with Crippen LogP contribution in [0.2, 0.25) is 0 Å². The molecule has 0 aliphatic rings. The Morgan fingerprint density at radius 1 is 1.38 bits per heavy atom. The summed E-state index contributed by atoms with van der Waals surface area (Å²) >= 11 is 0. The highest BCUT2D eigenvalue weighted by Crippen LogP contribution is 2.23. The molecule has 0 radical (unpaired) electrons. The highest BCUT2D eigenvalue weighted by Gasteiger charge is 2.20. The molecule has 1 unspecified atom stereocenters. The van der Waals surface area contributed by atoms with Gasteiger partial charge in [0.1, 0.15) is 0 Å². The smallest absolute Gasteiger partial charge is 0.311 e. The lowest BCUT2D eigenvalue weighted by Gasteiger charge is -2.17. The van der Waals surface area contributed by atoms with Crippen molar-refractivity contribution < 1.29 is 9.90 Å². The van der Waals surface area contributed by atoms with E-state index >= 15 is 0 Å². The lowest BCUT2D eigenvalue weighted by molar-refractivity contribution is -0.139. The minimum atomic E-state index is -0.740. The van der Waals surface area contributed by atoms with Crippen molar-refractivity contribution in [3.63, 3.8) is 0 Å². The minimum Gasteiger partial charge on any atom is -0.481 e. The molecule has 1 aromatic carbocycles. The van der Waals surface area contributed by atoms with E-state index in [0.29, 0.717) is 6.42 Å². The summed E-state index contributed by atoms with van der Waals surface area (Å²) in [6, 6.07) is 7.70. The number of carbonyl (C=O) groups is 1. The van der Waals surface area contributed by atoms with E-state index < -0.39 is 11.9 Å². The van der Waals surface area contributed by atoms with Crippen LogP contribution in [0.25, 0.3) is 0 Å². The molecule has 0 spiro atoms. The predicted octanol–water partition coefficient (Wildman–Crippen LogP) is 2.11. The molecular weight excluding hydrogens is 202 g/mol. The number of rotatable bonds is 5. The lowest BCUT2D eigenvalue weighted by atomic mass is 9.92. The van der Waals surface area contributed by atoms with Crippen LogP contribution in [0, 0.1) is 6.92 Å². The Morgan fingerprint density at radius 2 is 2.00 bits per heavy atom. The fourth-order valence-corrected chi connectivity index (χ4v) is 1.78. The van der Waals surface area contributed by atoms with Crippen molar-refractivity contribution in [2.75, 3.05) is 20.6 Å².